The number of ether oxygens (including phenoxy) is 2. The highest BCUT2D eigenvalue weighted by Crippen LogP contribution is 2.25. The van der Waals surface area contributed by atoms with Crippen molar-refractivity contribution in [3.05, 3.63) is 16.6 Å². The molecule has 2 aliphatic rings. The van der Waals surface area contributed by atoms with Crippen LogP contribution in [-0.2, 0) is 20.8 Å². The lowest BCUT2D eigenvalue weighted by Gasteiger charge is -2.36. The third-order valence-corrected chi connectivity index (χ3v) is 5.03. The fourth-order valence-electron chi connectivity index (χ4n) is 3.13. The molecule has 126 valence electrons. The standard InChI is InChI=1S/C15H21N3O4S/c1-2-21-14(19)12-10-22-15(20)18(12)11-3-6-17(7-4-11)9-13-16-5-8-23-13/h5,8,11-12H,2-4,6-7,9-10H2,1H3. The van der Waals surface area contributed by atoms with Crippen LogP contribution in [0.1, 0.15) is 24.8 Å². The minimum atomic E-state index is -0.599. The Morgan fingerprint density at radius 3 is 2.91 bits per heavy atom. The summed E-state index contributed by atoms with van der Waals surface area (Å²) in [5.41, 5.74) is 0. The summed E-state index contributed by atoms with van der Waals surface area (Å²) in [7, 11) is 0. The monoisotopic (exact) mass is 339 g/mol. The van der Waals surface area contributed by atoms with Crippen LogP contribution in [0.4, 0.5) is 4.79 Å². The lowest BCUT2D eigenvalue weighted by Crippen LogP contribution is -2.51. The first-order valence-electron chi connectivity index (χ1n) is 7.91. The Kier molecular flexibility index (Phi) is 5.12. The van der Waals surface area contributed by atoms with E-state index in [0.29, 0.717) is 6.61 Å². The lowest BCUT2D eigenvalue weighted by molar-refractivity contribution is -0.148. The molecule has 0 N–H and O–H groups in total. The second-order valence-corrected chi connectivity index (χ2v) is 6.66. The minimum Gasteiger partial charge on any atom is -0.464 e. The van der Waals surface area contributed by atoms with E-state index >= 15 is 0 Å². The van der Waals surface area contributed by atoms with Gasteiger partial charge < -0.3 is 9.47 Å². The zero-order valence-electron chi connectivity index (χ0n) is 13.1. The van der Waals surface area contributed by atoms with Gasteiger partial charge in [0.05, 0.1) is 13.2 Å². The van der Waals surface area contributed by atoms with E-state index in [9.17, 15) is 9.59 Å². The summed E-state index contributed by atoms with van der Waals surface area (Å²) in [5.74, 6) is -0.372. The molecule has 2 saturated heterocycles. The van der Waals surface area contributed by atoms with Crippen molar-refractivity contribution in [2.45, 2.75) is 38.4 Å². The van der Waals surface area contributed by atoms with Gasteiger partial charge in [-0.3, -0.25) is 9.80 Å². The van der Waals surface area contributed by atoms with E-state index in [1.165, 1.54) is 0 Å². The number of carbonyl (C=O) groups is 2. The number of hydrogen-bond acceptors (Lipinski definition) is 7. The maximum absolute atomic E-state index is 12.0. The molecule has 0 saturated carbocycles. The Balaban J connectivity index is 1.57. The number of hydrogen-bond donors (Lipinski definition) is 0. The van der Waals surface area contributed by atoms with Crippen molar-refractivity contribution in [3.8, 4) is 0 Å². The van der Waals surface area contributed by atoms with Crippen LogP contribution in [0, 0.1) is 0 Å². The van der Waals surface area contributed by atoms with Gasteiger partial charge in [-0.05, 0) is 19.8 Å². The summed E-state index contributed by atoms with van der Waals surface area (Å²) in [5, 5.41) is 3.08. The van der Waals surface area contributed by atoms with Gasteiger partial charge in [-0.15, -0.1) is 11.3 Å². The van der Waals surface area contributed by atoms with Crippen LogP contribution in [0.3, 0.4) is 0 Å². The first-order chi connectivity index (χ1) is 11.2. The summed E-state index contributed by atoms with van der Waals surface area (Å²) in [4.78, 5) is 32.2. The van der Waals surface area contributed by atoms with Gasteiger partial charge in [0.25, 0.3) is 0 Å². The van der Waals surface area contributed by atoms with Crippen molar-refractivity contribution in [1.82, 2.24) is 14.8 Å². The molecule has 1 unspecified atom stereocenters. The van der Waals surface area contributed by atoms with Gasteiger partial charge >= 0.3 is 12.1 Å². The van der Waals surface area contributed by atoms with Crippen LogP contribution < -0.4 is 0 Å². The van der Waals surface area contributed by atoms with E-state index in [-0.39, 0.29) is 18.6 Å². The zero-order chi connectivity index (χ0) is 16.2. The topological polar surface area (TPSA) is 72.0 Å². The fourth-order valence-corrected chi connectivity index (χ4v) is 3.79. The van der Waals surface area contributed by atoms with Crippen molar-refractivity contribution in [2.75, 3.05) is 26.3 Å². The summed E-state index contributed by atoms with van der Waals surface area (Å²) in [6, 6.07) is -0.565. The van der Waals surface area contributed by atoms with Gasteiger partial charge in [-0.25, -0.2) is 14.6 Å². The molecule has 1 atom stereocenters. The van der Waals surface area contributed by atoms with E-state index in [1.807, 2.05) is 11.6 Å². The van der Waals surface area contributed by atoms with Crippen molar-refractivity contribution >= 4 is 23.4 Å². The highest BCUT2D eigenvalue weighted by molar-refractivity contribution is 7.09. The quantitative estimate of drug-likeness (QED) is 0.757. The number of nitrogens with zero attached hydrogens (tertiary/aromatic N) is 3. The van der Waals surface area contributed by atoms with E-state index in [1.54, 1.807) is 23.2 Å². The Labute approximate surface area is 139 Å². The maximum atomic E-state index is 12.0. The summed E-state index contributed by atoms with van der Waals surface area (Å²) in [6.45, 7) is 4.76. The fraction of sp³-hybridized carbons (Fsp3) is 0.667. The van der Waals surface area contributed by atoms with Crippen molar-refractivity contribution in [1.29, 1.82) is 0 Å². The molecule has 2 fully saturated rings. The number of carbonyl (C=O) groups excluding carboxylic acids is 2. The molecule has 7 nitrogen and oxygen atoms in total. The SMILES string of the molecule is CCOC(=O)C1COC(=O)N1C1CCN(Cc2nccs2)CC1. The second-order valence-electron chi connectivity index (χ2n) is 5.69. The third kappa shape index (κ3) is 3.64. The number of piperidine rings is 1. The van der Waals surface area contributed by atoms with E-state index in [0.717, 1.165) is 37.5 Å². The van der Waals surface area contributed by atoms with Gasteiger partial charge in [0.1, 0.15) is 11.6 Å². The normalized spacial score (nSPS) is 23.1. The molecular formula is C15H21N3O4S. The van der Waals surface area contributed by atoms with Crippen LogP contribution >= 0.6 is 11.3 Å². The minimum absolute atomic E-state index is 0.0342. The third-order valence-electron chi connectivity index (χ3n) is 4.26. The molecule has 0 radical (unpaired) electrons. The highest BCUT2D eigenvalue weighted by atomic mass is 32.1. The number of cyclic esters (lactones) is 1. The van der Waals surface area contributed by atoms with Gasteiger partial charge in [0.2, 0.25) is 0 Å². The Hall–Kier alpha value is -1.67. The number of likely N-dealkylation sites (tertiary alicyclic amines) is 1. The molecule has 2 aliphatic heterocycles. The highest BCUT2D eigenvalue weighted by Gasteiger charge is 2.43. The van der Waals surface area contributed by atoms with Crippen LogP contribution in [0.2, 0.25) is 0 Å². The summed E-state index contributed by atoms with van der Waals surface area (Å²) in [6.07, 6.45) is 3.07. The first kappa shape index (κ1) is 16.2. The molecule has 1 amide bonds. The lowest BCUT2D eigenvalue weighted by atomic mass is 10.0. The van der Waals surface area contributed by atoms with Crippen molar-refractivity contribution in [2.24, 2.45) is 0 Å². The van der Waals surface area contributed by atoms with Crippen LogP contribution in [-0.4, -0.2) is 65.2 Å². The Morgan fingerprint density at radius 2 is 2.26 bits per heavy atom. The van der Waals surface area contributed by atoms with Crippen LogP contribution in [0.15, 0.2) is 11.6 Å². The zero-order valence-corrected chi connectivity index (χ0v) is 14.0. The van der Waals surface area contributed by atoms with E-state index < -0.39 is 12.1 Å². The second kappa shape index (κ2) is 7.27. The van der Waals surface area contributed by atoms with Crippen LogP contribution in [0.5, 0.6) is 0 Å². The number of amides is 1. The predicted molar refractivity (Wildman–Crippen MR) is 84.0 cm³/mol. The van der Waals surface area contributed by atoms with Gasteiger partial charge in [0, 0.05) is 30.7 Å². The molecule has 3 heterocycles. The molecule has 0 aliphatic carbocycles. The molecule has 23 heavy (non-hydrogen) atoms. The number of thiazole rings is 1. The summed E-state index contributed by atoms with van der Waals surface area (Å²) >= 11 is 1.65. The largest absolute Gasteiger partial charge is 0.464 e. The van der Waals surface area contributed by atoms with Crippen LogP contribution in [0.25, 0.3) is 0 Å². The Bertz CT molecular complexity index is 543. The van der Waals surface area contributed by atoms with E-state index in [2.05, 4.69) is 9.88 Å². The number of rotatable bonds is 5. The molecule has 0 aromatic carbocycles. The average molecular weight is 339 g/mol. The van der Waals surface area contributed by atoms with Gasteiger partial charge in [0.15, 0.2) is 6.04 Å². The molecular weight excluding hydrogens is 318 g/mol. The molecule has 1 aromatic heterocycles. The van der Waals surface area contributed by atoms with Gasteiger partial charge in [-0.1, -0.05) is 0 Å². The molecule has 1 aromatic rings. The molecule has 0 spiro atoms. The van der Waals surface area contributed by atoms with Crippen molar-refractivity contribution in [3.63, 3.8) is 0 Å². The molecule has 8 heteroatoms. The van der Waals surface area contributed by atoms with Gasteiger partial charge in [-0.2, -0.15) is 0 Å². The first-order valence-corrected chi connectivity index (χ1v) is 8.79. The number of esters is 1. The van der Waals surface area contributed by atoms with Crippen molar-refractivity contribution < 1.29 is 19.1 Å². The summed E-state index contributed by atoms with van der Waals surface area (Å²) < 4.78 is 10.1. The number of aromatic nitrogens is 1. The average Bonchev–Trinajstić information content (AvgIpc) is 3.18. The predicted octanol–water partition coefficient (Wildman–Crippen LogP) is 1.49. The molecule has 0 bridgehead atoms. The smallest absolute Gasteiger partial charge is 0.410 e. The molecule has 3 rings (SSSR count). The maximum Gasteiger partial charge on any atom is 0.410 e. The van der Waals surface area contributed by atoms with E-state index in [4.69, 9.17) is 9.47 Å². The Morgan fingerprint density at radius 1 is 1.48 bits per heavy atom.